The second kappa shape index (κ2) is 9.02. The summed E-state index contributed by atoms with van der Waals surface area (Å²) in [6.07, 6.45) is 5.70. The lowest BCUT2D eigenvalue weighted by Crippen LogP contribution is -2.48. The van der Waals surface area contributed by atoms with Gasteiger partial charge in [-0.05, 0) is 70.3 Å². The van der Waals surface area contributed by atoms with Gasteiger partial charge in [0.15, 0.2) is 0 Å². The monoisotopic (exact) mass is 479 g/mol. The fourth-order valence-electron chi connectivity index (χ4n) is 5.15. The van der Waals surface area contributed by atoms with Crippen LogP contribution in [0.2, 0.25) is 0 Å². The molecule has 2 aliphatic heterocycles. The molecule has 3 aliphatic rings. The third kappa shape index (κ3) is 4.97. The summed E-state index contributed by atoms with van der Waals surface area (Å²) in [6.45, 7) is 8.12. The molecule has 0 unspecified atom stereocenters. The largest absolute Gasteiger partial charge is 0.488 e. The van der Waals surface area contributed by atoms with Crippen LogP contribution in [0.4, 0.5) is 10.2 Å². The summed E-state index contributed by atoms with van der Waals surface area (Å²) in [5.74, 6) is 1.77. The van der Waals surface area contributed by atoms with Crippen molar-refractivity contribution in [3.63, 3.8) is 0 Å². The fraction of sp³-hybridized carbons (Fsp3) is 0.577. The smallest absolute Gasteiger partial charge is 0.132 e. The Balaban J connectivity index is 1.12. The topological polar surface area (TPSA) is 82.2 Å². The Morgan fingerprint density at radius 1 is 1.03 bits per heavy atom. The third-order valence-electron chi connectivity index (χ3n) is 7.82. The van der Waals surface area contributed by atoms with Crippen LogP contribution in [0.25, 0.3) is 22.3 Å². The lowest BCUT2D eigenvalue weighted by Gasteiger charge is -2.37. The lowest BCUT2D eigenvalue weighted by atomic mass is 9.91. The molecule has 1 saturated carbocycles. The van der Waals surface area contributed by atoms with E-state index in [1.807, 2.05) is 18.2 Å². The minimum absolute atomic E-state index is 0.0276. The molecule has 3 fully saturated rings. The van der Waals surface area contributed by atoms with Crippen molar-refractivity contribution < 1.29 is 9.13 Å². The number of ether oxygens (including phenoxy) is 1. The second-order valence-corrected chi connectivity index (χ2v) is 10.6. The van der Waals surface area contributed by atoms with E-state index in [1.165, 1.54) is 0 Å². The molecule has 0 spiro atoms. The maximum atomic E-state index is 15.0. The van der Waals surface area contributed by atoms with Crippen LogP contribution >= 0.6 is 0 Å². The van der Waals surface area contributed by atoms with Gasteiger partial charge in [-0.25, -0.2) is 14.4 Å². The number of halogens is 1. The van der Waals surface area contributed by atoms with Crippen LogP contribution in [0.1, 0.15) is 39.0 Å². The number of piperazine rings is 1. The van der Waals surface area contributed by atoms with E-state index < -0.39 is 5.67 Å². The molecule has 1 aliphatic carbocycles. The van der Waals surface area contributed by atoms with E-state index in [1.54, 1.807) is 6.33 Å². The number of piperidine rings is 1. The van der Waals surface area contributed by atoms with Gasteiger partial charge in [0.1, 0.15) is 34.9 Å². The number of hydrogen-bond acceptors (Lipinski definition) is 7. The summed E-state index contributed by atoms with van der Waals surface area (Å²) in [5.41, 5.74) is 1.53. The van der Waals surface area contributed by atoms with Crippen LogP contribution in [0, 0.1) is 0 Å². The summed E-state index contributed by atoms with van der Waals surface area (Å²) in [6, 6.07) is 8.08. The number of H-pyrrole nitrogens is 1. The minimum Gasteiger partial charge on any atom is -0.488 e. The van der Waals surface area contributed by atoms with Crippen molar-refractivity contribution >= 4 is 16.7 Å². The fourth-order valence-corrected chi connectivity index (χ4v) is 5.15. The maximum absolute atomic E-state index is 15.0. The van der Waals surface area contributed by atoms with E-state index in [-0.39, 0.29) is 5.60 Å². The highest BCUT2D eigenvalue weighted by Crippen LogP contribution is 2.40. The van der Waals surface area contributed by atoms with Crippen LogP contribution in [0.15, 0.2) is 30.6 Å². The average Bonchev–Trinajstić information content (AvgIpc) is 3.45. The normalized spacial score (nSPS) is 21.8. The number of benzene rings is 1. The van der Waals surface area contributed by atoms with Crippen LogP contribution in [0.3, 0.4) is 0 Å². The van der Waals surface area contributed by atoms with Crippen molar-refractivity contribution in [2.24, 2.45) is 0 Å². The highest BCUT2D eigenvalue weighted by molar-refractivity contribution is 5.93. The molecule has 2 aromatic heterocycles. The molecule has 0 atom stereocenters. The molecule has 0 amide bonds. The van der Waals surface area contributed by atoms with Gasteiger partial charge in [-0.15, -0.1) is 0 Å². The molecule has 186 valence electrons. The van der Waals surface area contributed by atoms with Crippen LogP contribution in [-0.4, -0.2) is 82.1 Å². The van der Waals surface area contributed by atoms with Crippen molar-refractivity contribution in [2.75, 3.05) is 50.7 Å². The van der Waals surface area contributed by atoms with Gasteiger partial charge in [0.05, 0.1) is 11.2 Å². The highest BCUT2D eigenvalue weighted by atomic mass is 19.1. The third-order valence-corrected chi connectivity index (χ3v) is 7.82. The quantitative estimate of drug-likeness (QED) is 0.536. The van der Waals surface area contributed by atoms with E-state index in [0.29, 0.717) is 19.3 Å². The number of fused-ring (bicyclic) bond motifs is 1. The zero-order valence-corrected chi connectivity index (χ0v) is 20.4. The van der Waals surface area contributed by atoms with Crippen LogP contribution in [0.5, 0.6) is 5.75 Å². The van der Waals surface area contributed by atoms with Crippen molar-refractivity contribution in [1.29, 1.82) is 0 Å². The predicted molar refractivity (Wildman–Crippen MR) is 135 cm³/mol. The first kappa shape index (κ1) is 22.7. The van der Waals surface area contributed by atoms with Crippen LogP contribution in [-0.2, 0) is 0 Å². The Bertz CT molecular complexity index is 1180. The number of nitrogens with one attached hydrogen (secondary N) is 2. The molecule has 6 rings (SSSR count). The van der Waals surface area contributed by atoms with Crippen molar-refractivity contribution in [2.45, 2.75) is 50.3 Å². The highest BCUT2D eigenvalue weighted by Gasteiger charge is 2.40. The number of hydrogen-bond donors (Lipinski definition) is 2. The van der Waals surface area contributed by atoms with Crippen molar-refractivity contribution in [3.05, 3.63) is 30.6 Å². The first-order valence-corrected chi connectivity index (χ1v) is 12.9. The van der Waals surface area contributed by atoms with E-state index in [4.69, 9.17) is 4.74 Å². The first-order valence-electron chi connectivity index (χ1n) is 12.9. The Morgan fingerprint density at radius 2 is 1.83 bits per heavy atom. The number of aromatic nitrogens is 4. The average molecular weight is 480 g/mol. The summed E-state index contributed by atoms with van der Waals surface area (Å²) in [7, 11) is 0. The van der Waals surface area contributed by atoms with E-state index in [9.17, 15) is 4.39 Å². The molecule has 2 saturated heterocycles. The minimum atomic E-state index is -1.00. The number of anilines is 1. The van der Waals surface area contributed by atoms with Gasteiger partial charge in [-0.3, -0.25) is 10.00 Å². The van der Waals surface area contributed by atoms with E-state index in [0.717, 1.165) is 92.5 Å². The SMILES string of the molecule is CC1(Oc2ccc3[nH]nc(-c4cc(N5CCN(CCC6(F)CCNCC6)CC5)ncn4)c3c2)CC1. The summed E-state index contributed by atoms with van der Waals surface area (Å²) < 4.78 is 21.1. The zero-order chi connectivity index (χ0) is 23.9. The van der Waals surface area contributed by atoms with Gasteiger partial charge < -0.3 is 15.0 Å². The molecular formula is C26H34FN7O. The van der Waals surface area contributed by atoms with Crippen molar-refractivity contribution in [1.82, 2.24) is 30.4 Å². The van der Waals surface area contributed by atoms with Crippen LogP contribution < -0.4 is 15.0 Å². The molecule has 1 aromatic carbocycles. The molecule has 4 heterocycles. The molecule has 8 nitrogen and oxygen atoms in total. The van der Waals surface area contributed by atoms with Gasteiger partial charge in [0, 0.05) is 44.2 Å². The van der Waals surface area contributed by atoms with Gasteiger partial charge in [0.25, 0.3) is 0 Å². The van der Waals surface area contributed by atoms with Crippen molar-refractivity contribution in [3.8, 4) is 17.1 Å². The zero-order valence-electron chi connectivity index (χ0n) is 20.4. The lowest BCUT2D eigenvalue weighted by molar-refractivity contribution is 0.0857. The summed E-state index contributed by atoms with van der Waals surface area (Å²) >= 11 is 0. The molecule has 2 N–H and O–H groups in total. The standard InChI is InChI=1S/C26H34FN7O/c1-25(4-5-25)35-19-2-3-21-20(16-19)24(32-31-21)22-17-23(30-18-29-22)34-14-12-33(13-15-34)11-8-26(27)6-9-28-10-7-26/h2-3,16-18,28H,4-15H2,1H3,(H,31,32). The Kier molecular flexibility index (Phi) is 5.84. The molecule has 35 heavy (non-hydrogen) atoms. The first-order chi connectivity index (χ1) is 17.0. The van der Waals surface area contributed by atoms with Gasteiger partial charge >= 0.3 is 0 Å². The molecule has 0 radical (unpaired) electrons. The number of alkyl halides is 1. The molecule has 0 bridgehead atoms. The maximum Gasteiger partial charge on any atom is 0.132 e. The number of aromatic amines is 1. The van der Waals surface area contributed by atoms with Gasteiger partial charge in [-0.2, -0.15) is 5.10 Å². The Labute approximate surface area is 205 Å². The Morgan fingerprint density at radius 3 is 2.60 bits per heavy atom. The summed E-state index contributed by atoms with van der Waals surface area (Å²) in [4.78, 5) is 13.7. The van der Waals surface area contributed by atoms with Gasteiger partial charge in [-0.1, -0.05) is 0 Å². The van der Waals surface area contributed by atoms with E-state index >= 15 is 0 Å². The Hall–Kier alpha value is -2.78. The predicted octanol–water partition coefficient (Wildman–Crippen LogP) is 3.56. The summed E-state index contributed by atoms with van der Waals surface area (Å²) in [5, 5.41) is 11.9. The molecule has 9 heteroatoms. The molecule has 3 aromatic rings. The van der Waals surface area contributed by atoms with E-state index in [2.05, 4.69) is 48.3 Å². The molecular weight excluding hydrogens is 445 g/mol. The second-order valence-electron chi connectivity index (χ2n) is 10.6. The number of nitrogens with zero attached hydrogens (tertiary/aromatic N) is 5. The number of rotatable bonds is 7. The van der Waals surface area contributed by atoms with Gasteiger partial charge in [0.2, 0.25) is 0 Å².